The van der Waals surface area contributed by atoms with Gasteiger partial charge >= 0.3 is 0 Å². The van der Waals surface area contributed by atoms with Gasteiger partial charge in [0.15, 0.2) is 5.82 Å². The second-order valence-electron chi connectivity index (χ2n) is 6.08. The molecule has 9 nitrogen and oxygen atoms in total. The van der Waals surface area contributed by atoms with E-state index in [4.69, 9.17) is 17.4 Å². The van der Waals surface area contributed by atoms with Gasteiger partial charge in [0.2, 0.25) is 5.49 Å². The van der Waals surface area contributed by atoms with Crippen molar-refractivity contribution in [1.29, 1.82) is 0 Å². The van der Waals surface area contributed by atoms with E-state index in [1.165, 1.54) is 16.8 Å². The van der Waals surface area contributed by atoms with Crippen molar-refractivity contribution in [3.05, 3.63) is 65.8 Å². The van der Waals surface area contributed by atoms with Crippen LogP contribution < -0.4 is 22.9 Å². The van der Waals surface area contributed by atoms with Gasteiger partial charge in [-0.15, -0.1) is 0 Å². The number of halogens is 1. The number of anilines is 1. The number of hydrogen-bond acceptors (Lipinski definition) is 7. The monoisotopic (exact) mass is 380 g/mol. The topological polar surface area (TPSA) is 146 Å². The van der Waals surface area contributed by atoms with Gasteiger partial charge < -0.3 is 26.9 Å². The van der Waals surface area contributed by atoms with E-state index >= 15 is 0 Å². The maximum Gasteiger partial charge on any atom is 0.213 e. The Bertz CT molecular complexity index is 1240. The Balaban J connectivity index is 2.06. The van der Waals surface area contributed by atoms with Crippen molar-refractivity contribution in [1.82, 2.24) is 19.0 Å². The van der Waals surface area contributed by atoms with Gasteiger partial charge in [-0.05, 0) is 36.4 Å². The third-order valence-electron chi connectivity index (χ3n) is 4.41. The summed E-state index contributed by atoms with van der Waals surface area (Å²) in [6, 6.07) is 9.37. The van der Waals surface area contributed by atoms with E-state index in [1.807, 2.05) is 0 Å². The number of aliphatic hydroxyl groups excluding tert-OH is 1. The lowest BCUT2D eigenvalue weighted by Gasteiger charge is -2.16. The molecule has 0 saturated carbocycles. The zero-order valence-electron chi connectivity index (χ0n) is 14.6. The van der Waals surface area contributed by atoms with E-state index in [0.29, 0.717) is 33.9 Å². The fourth-order valence-corrected chi connectivity index (χ4v) is 3.07. The van der Waals surface area contributed by atoms with Crippen LogP contribution in [0.25, 0.3) is 28.2 Å². The first-order valence-corrected chi connectivity index (χ1v) is 8.28. The summed E-state index contributed by atoms with van der Waals surface area (Å²) in [7, 11) is 0. The third kappa shape index (κ3) is 2.72. The Morgan fingerprint density at radius 2 is 1.82 bits per heavy atom. The summed E-state index contributed by atoms with van der Waals surface area (Å²) in [6.07, 6.45) is 3.34. The Kier molecular flexibility index (Phi) is 4.17. The SMILES string of the molecule is N/N=c1/c(N)nc(-c2ccc(F)cc2)c(-c2ccc3ncc(CO)n3c2)n1N. The quantitative estimate of drug-likeness (QED) is 0.302. The number of benzene rings is 1. The number of pyridine rings is 1. The normalized spacial score (nSPS) is 12.0. The van der Waals surface area contributed by atoms with Gasteiger partial charge in [-0.3, -0.25) is 0 Å². The predicted molar refractivity (Wildman–Crippen MR) is 102 cm³/mol. The highest BCUT2D eigenvalue weighted by Gasteiger charge is 2.17. The van der Waals surface area contributed by atoms with Crippen molar-refractivity contribution in [2.75, 3.05) is 11.6 Å². The van der Waals surface area contributed by atoms with Crippen LogP contribution in [0.5, 0.6) is 0 Å². The highest BCUT2D eigenvalue weighted by atomic mass is 19.1. The average Bonchev–Trinajstić information content (AvgIpc) is 3.11. The van der Waals surface area contributed by atoms with Crippen molar-refractivity contribution >= 4 is 11.5 Å². The minimum atomic E-state index is -0.375. The largest absolute Gasteiger partial charge is 0.390 e. The molecule has 10 heteroatoms. The van der Waals surface area contributed by atoms with Gasteiger partial charge in [-0.2, -0.15) is 5.10 Å². The Morgan fingerprint density at radius 3 is 2.50 bits per heavy atom. The molecule has 0 spiro atoms. The smallest absolute Gasteiger partial charge is 0.213 e. The summed E-state index contributed by atoms with van der Waals surface area (Å²) < 4.78 is 16.4. The van der Waals surface area contributed by atoms with Crippen molar-refractivity contribution in [2.24, 2.45) is 10.9 Å². The second kappa shape index (κ2) is 6.67. The summed E-state index contributed by atoms with van der Waals surface area (Å²) in [5.41, 5.74) is 9.47. The number of imidazole rings is 1. The number of fused-ring (bicyclic) bond motifs is 1. The molecule has 1 aromatic carbocycles. The number of rotatable bonds is 3. The molecule has 3 heterocycles. The molecule has 0 radical (unpaired) electrons. The molecule has 142 valence electrons. The summed E-state index contributed by atoms with van der Waals surface area (Å²) in [5.74, 6) is 11.4. The van der Waals surface area contributed by atoms with Crippen molar-refractivity contribution in [2.45, 2.75) is 6.61 Å². The Labute approximate surface area is 158 Å². The lowest BCUT2D eigenvalue weighted by molar-refractivity contribution is 0.276. The van der Waals surface area contributed by atoms with Gasteiger partial charge in [0.25, 0.3) is 0 Å². The minimum Gasteiger partial charge on any atom is -0.390 e. The average molecular weight is 380 g/mol. The van der Waals surface area contributed by atoms with E-state index in [-0.39, 0.29) is 23.7 Å². The van der Waals surface area contributed by atoms with Crippen molar-refractivity contribution in [3.63, 3.8) is 0 Å². The number of nitrogens with two attached hydrogens (primary N) is 3. The molecule has 28 heavy (non-hydrogen) atoms. The van der Waals surface area contributed by atoms with Gasteiger partial charge in [-0.1, -0.05) is 0 Å². The first-order chi connectivity index (χ1) is 13.5. The van der Waals surface area contributed by atoms with Crippen LogP contribution in [-0.2, 0) is 6.61 Å². The summed E-state index contributed by atoms with van der Waals surface area (Å²) in [5, 5.41) is 13.2. The second-order valence-corrected chi connectivity index (χ2v) is 6.08. The standard InChI is InChI=1S/C18H17FN8O/c19-12-4-1-10(2-5-12)15-16(27(22)18(25-21)17(20)24-15)11-3-6-14-23-7-13(9-28)26(14)8-11/h1-8,28H,9,21-22H2,(H2,20,24)/b25-18-. The molecule has 0 aliphatic heterocycles. The molecule has 0 aliphatic carbocycles. The lowest BCUT2D eigenvalue weighted by atomic mass is 10.0. The number of nitrogens with zero attached hydrogens (tertiary/aromatic N) is 5. The number of hydrogen-bond donors (Lipinski definition) is 4. The van der Waals surface area contributed by atoms with E-state index in [9.17, 15) is 9.50 Å². The first-order valence-electron chi connectivity index (χ1n) is 8.28. The van der Waals surface area contributed by atoms with Crippen LogP contribution in [-0.4, -0.2) is 24.2 Å². The highest BCUT2D eigenvalue weighted by molar-refractivity contribution is 5.79. The maximum absolute atomic E-state index is 13.4. The minimum absolute atomic E-state index is 0.0350. The van der Waals surface area contributed by atoms with Crippen LogP contribution in [0.2, 0.25) is 0 Å². The molecule has 0 amide bonds. The van der Waals surface area contributed by atoms with Gasteiger partial charge in [0.1, 0.15) is 11.5 Å². The summed E-state index contributed by atoms with van der Waals surface area (Å²) in [6.45, 7) is -0.179. The highest BCUT2D eigenvalue weighted by Crippen LogP contribution is 2.30. The zero-order chi connectivity index (χ0) is 19.8. The van der Waals surface area contributed by atoms with Crippen molar-refractivity contribution in [3.8, 4) is 22.5 Å². The van der Waals surface area contributed by atoms with Gasteiger partial charge in [0.05, 0.1) is 29.9 Å². The van der Waals surface area contributed by atoms with E-state index in [1.54, 1.807) is 41.1 Å². The van der Waals surface area contributed by atoms with E-state index in [2.05, 4.69) is 15.1 Å². The Morgan fingerprint density at radius 1 is 1.11 bits per heavy atom. The van der Waals surface area contributed by atoms with Crippen LogP contribution in [0.15, 0.2) is 53.9 Å². The molecule has 3 aromatic heterocycles. The molecule has 0 bridgehead atoms. The molecule has 0 aliphatic rings. The number of aromatic nitrogens is 4. The molecule has 7 N–H and O–H groups in total. The van der Waals surface area contributed by atoms with Crippen LogP contribution >= 0.6 is 0 Å². The predicted octanol–water partition coefficient (Wildman–Crippen LogP) is 0.567. The molecule has 0 unspecified atom stereocenters. The molecule has 0 saturated heterocycles. The fourth-order valence-electron chi connectivity index (χ4n) is 3.07. The Hall–Kier alpha value is -3.92. The summed E-state index contributed by atoms with van der Waals surface area (Å²) in [4.78, 5) is 8.63. The lowest BCUT2D eigenvalue weighted by Crippen LogP contribution is -2.34. The molecular formula is C18H17FN8O. The number of nitrogen functional groups attached to an aromatic ring is 2. The van der Waals surface area contributed by atoms with E-state index in [0.717, 1.165) is 0 Å². The fraction of sp³-hybridized carbons (Fsp3) is 0.0556. The van der Waals surface area contributed by atoms with Crippen LogP contribution in [0, 0.1) is 5.82 Å². The number of aliphatic hydroxyl groups is 1. The van der Waals surface area contributed by atoms with Crippen LogP contribution in [0.1, 0.15) is 5.69 Å². The van der Waals surface area contributed by atoms with Gasteiger partial charge in [0, 0.05) is 17.3 Å². The van der Waals surface area contributed by atoms with Gasteiger partial charge in [-0.25, -0.2) is 19.0 Å². The molecular weight excluding hydrogens is 363 g/mol. The van der Waals surface area contributed by atoms with Crippen LogP contribution in [0.3, 0.4) is 0 Å². The summed E-state index contributed by atoms with van der Waals surface area (Å²) >= 11 is 0. The third-order valence-corrected chi connectivity index (χ3v) is 4.41. The van der Waals surface area contributed by atoms with E-state index < -0.39 is 0 Å². The zero-order valence-corrected chi connectivity index (χ0v) is 14.6. The molecule has 4 aromatic rings. The van der Waals surface area contributed by atoms with Crippen LogP contribution in [0.4, 0.5) is 10.2 Å². The molecule has 0 atom stereocenters. The first kappa shape index (κ1) is 17.5. The molecule has 0 fully saturated rings. The van der Waals surface area contributed by atoms with Crippen molar-refractivity contribution < 1.29 is 9.50 Å². The molecule has 4 rings (SSSR count). The maximum atomic E-state index is 13.4.